The lowest BCUT2D eigenvalue weighted by atomic mass is 9.94. The zero-order valence-corrected chi connectivity index (χ0v) is 12.8. The van der Waals surface area contributed by atoms with Crippen molar-refractivity contribution in [2.75, 3.05) is 13.1 Å². The van der Waals surface area contributed by atoms with Crippen LogP contribution in [0.5, 0.6) is 0 Å². The van der Waals surface area contributed by atoms with Gasteiger partial charge in [0.15, 0.2) is 11.5 Å². The van der Waals surface area contributed by atoms with E-state index < -0.39 is 0 Å². The van der Waals surface area contributed by atoms with Crippen LogP contribution in [0.2, 0.25) is 0 Å². The molecule has 0 spiro atoms. The van der Waals surface area contributed by atoms with Gasteiger partial charge in [-0.3, -0.25) is 4.90 Å². The first-order valence-corrected chi connectivity index (χ1v) is 8.41. The van der Waals surface area contributed by atoms with Gasteiger partial charge in [0, 0.05) is 18.5 Å². The topological polar surface area (TPSA) is 29.3 Å². The first kappa shape index (κ1) is 13.3. The molecular formula is C18H24N2O. The Balaban J connectivity index is 1.50. The molecule has 1 aromatic carbocycles. The van der Waals surface area contributed by atoms with Crippen molar-refractivity contribution in [3.8, 4) is 0 Å². The van der Waals surface area contributed by atoms with Crippen molar-refractivity contribution < 1.29 is 4.42 Å². The number of nitrogens with zero attached hydrogens (tertiary/aromatic N) is 2. The number of fused-ring (bicyclic) bond motifs is 1. The van der Waals surface area contributed by atoms with Crippen molar-refractivity contribution in [2.45, 2.75) is 57.4 Å². The lowest BCUT2D eigenvalue weighted by Gasteiger charge is -2.30. The van der Waals surface area contributed by atoms with Gasteiger partial charge in [-0.15, -0.1) is 0 Å². The van der Waals surface area contributed by atoms with Gasteiger partial charge in [0.05, 0.1) is 0 Å². The third-order valence-corrected chi connectivity index (χ3v) is 5.22. The number of aromatic nitrogens is 1. The summed E-state index contributed by atoms with van der Waals surface area (Å²) in [5.74, 6) is 1.44. The molecule has 1 atom stereocenters. The molecule has 2 aliphatic rings. The smallest absolute Gasteiger partial charge is 0.199 e. The number of hydrogen-bond donors (Lipinski definition) is 0. The normalized spacial score (nSPS) is 24.9. The molecule has 2 aromatic rings. The summed E-state index contributed by atoms with van der Waals surface area (Å²) in [5, 5.41) is 0. The van der Waals surface area contributed by atoms with Crippen LogP contribution in [0.4, 0.5) is 0 Å². The van der Waals surface area contributed by atoms with E-state index in [4.69, 9.17) is 9.40 Å². The maximum Gasteiger partial charge on any atom is 0.199 e. The van der Waals surface area contributed by atoms with Gasteiger partial charge in [-0.25, -0.2) is 4.98 Å². The summed E-state index contributed by atoms with van der Waals surface area (Å²) < 4.78 is 6.00. The molecule has 1 aliphatic carbocycles. The number of hydrogen-bond acceptors (Lipinski definition) is 3. The molecule has 0 amide bonds. The minimum atomic E-state index is 0.486. The maximum atomic E-state index is 6.00. The Hall–Kier alpha value is -1.35. The second-order valence-corrected chi connectivity index (χ2v) is 6.80. The van der Waals surface area contributed by atoms with Crippen molar-refractivity contribution in [1.29, 1.82) is 0 Å². The van der Waals surface area contributed by atoms with E-state index in [9.17, 15) is 0 Å². The first-order valence-electron chi connectivity index (χ1n) is 8.41. The van der Waals surface area contributed by atoms with Gasteiger partial charge in [-0.05, 0) is 50.4 Å². The van der Waals surface area contributed by atoms with Crippen LogP contribution in [0.3, 0.4) is 0 Å². The third kappa shape index (κ3) is 2.59. The van der Waals surface area contributed by atoms with Crippen molar-refractivity contribution >= 4 is 11.1 Å². The molecule has 3 nitrogen and oxygen atoms in total. The van der Waals surface area contributed by atoms with Crippen LogP contribution in [0.15, 0.2) is 22.6 Å². The zero-order chi connectivity index (χ0) is 14.2. The van der Waals surface area contributed by atoms with E-state index in [0.717, 1.165) is 29.6 Å². The van der Waals surface area contributed by atoms with E-state index in [0.29, 0.717) is 5.92 Å². The van der Waals surface area contributed by atoms with E-state index in [1.165, 1.54) is 50.6 Å². The average Bonchev–Trinajstić information content (AvgIpc) is 3.14. The van der Waals surface area contributed by atoms with E-state index >= 15 is 0 Å². The number of likely N-dealkylation sites (tertiary alicyclic amines) is 1. The lowest BCUT2D eigenvalue weighted by molar-refractivity contribution is 0.188. The predicted molar refractivity (Wildman–Crippen MR) is 84.6 cm³/mol. The molecule has 0 unspecified atom stereocenters. The summed E-state index contributed by atoms with van der Waals surface area (Å²) >= 11 is 0. The molecule has 3 heteroatoms. The van der Waals surface area contributed by atoms with Crippen LogP contribution in [0.1, 0.15) is 55.9 Å². The number of oxazole rings is 1. The lowest BCUT2D eigenvalue weighted by Crippen LogP contribution is -2.34. The second kappa shape index (κ2) is 5.45. The molecular weight excluding hydrogens is 260 g/mol. The standard InChI is InChI=1S/C18H24N2O/c1-13-7-8-17-16(11-13)19-18(21-17)14-9-10-20(12-14)15-5-3-2-4-6-15/h7-8,11,14-15H,2-6,9-10,12H2,1H3/t14-/m1/s1. The van der Waals surface area contributed by atoms with E-state index in [1.54, 1.807) is 0 Å². The van der Waals surface area contributed by atoms with E-state index in [2.05, 4.69) is 30.0 Å². The maximum absolute atomic E-state index is 6.00. The highest BCUT2D eigenvalue weighted by molar-refractivity contribution is 5.73. The number of benzene rings is 1. The Bertz CT molecular complexity index is 627. The van der Waals surface area contributed by atoms with Gasteiger partial charge >= 0.3 is 0 Å². The minimum Gasteiger partial charge on any atom is -0.440 e. The summed E-state index contributed by atoms with van der Waals surface area (Å²) in [7, 11) is 0. The molecule has 4 rings (SSSR count). The molecule has 1 saturated carbocycles. The largest absolute Gasteiger partial charge is 0.440 e. The summed E-state index contributed by atoms with van der Waals surface area (Å²) in [4.78, 5) is 7.43. The fourth-order valence-corrected chi connectivity index (χ4v) is 4.00. The quantitative estimate of drug-likeness (QED) is 0.825. The summed E-state index contributed by atoms with van der Waals surface area (Å²) in [6, 6.07) is 7.08. The second-order valence-electron chi connectivity index (χ2n) is 6.80. The van der Waals surface area contributed by atoms with Crippen LogP contribution in [-0.4, -0.2) is 29.0 Å². The highest BCUT2D eigenvalue weighted by atomic mass is 16.3. The van der Waals surface area contributed by atoms with Crippen molar-refractivity contribution in [2.24, 2.45) is 0 Å². The van der Waals surface area contributed by atoms with Crippen LogP contribution in [-0.2, 0) is 0 Å². The molecule has 2 fully saturated rings. The van der Waals surface area contributed by atoms with Gasteiger partial charge < -0.3 is 4.42 Å². The molecule has 21 heavy (non-hydrogen) atoms. The third-order valence-electron chi connectivity index (χ3n) is 5.22. The molecule has 1 saturated heterocycles. The molecule has 0 N–H and O–H groups in total. The Morgan fingerprint density at radius 1 is 1.14 bits per heavy atom. The summed E-state index contributed by atoms with van der Waals surface area (Å²) in [6.45, 7) is 4.46. The van der Waals surface area contributed by atoms with Crippen molar-refractivity contribution in [3.63, 3.8) is 0 Å². The number of aryl methyl sites for hydroxylation is 1. The molecule has 1 aromatic heterocycles. The average molecular weight is 284 g/mol. The van der Waals surface area contributed by atoms with Gasteiger partial charge in [0.25, 0.3) is 0 Å². The van der Waals surface area contributed by atoms with Crippen LogP contribution >= 0.6 is 0 Å². The zero-order valence-electron chi connectivity index (χ0n) is 12.8. The van der Waals surface area contributed by atoms with Gasteiger partial charge in [0.2, 0.25) is 0 Å². The van der Waals surface area contributed by atoms with Gasteiger partial charge in [-0.1, -0.05) is 25.3 Å². The van der Waals surface area contributed by atoms with E-state index in [1.807, 2.05) is 0 Å². The molecule has 1 aliphatic heterocycles. The predicted octanol–water partition coefficient (Wildman–Crippen LogP) is 4.26. The Labute approximate surface area is 126 Å². The van der Waals surface area contributed by atoms with Crippen LogP contribution in [0, 0.1) is 6.92 Å². The monoisotopic (exact) mass is 284 g/mol. The molecule has 2 heterocycles. The Kier molecular flexibility index (Phi) is 3.46. The summed E-state index contributed by atoms with van der Waals surface area (Å²) in [6.07, 6.45) is 8.22. The van der Waals surface area contributed by atoms with Crippen LogP contribution in [0.25, 0.3) is 11.1 Å². The van der Waals surface area contributed by atoms with Crippen molar-refractivity contribution in [3.05, 3.63) is 29.7 Å². The van der Waals surface area contributed by atoms with E-state index in [-0.39, 0.29) is 0 Å². The number of rotatable bonds is 2. The fraction of sp³-hybridized carbons (Fsp3) is 0.611. The Morgan fingerprint density at radius 2 is 2.00 bits per heavy atom. The minimum absolute atomic E-state index is 0.486. The highest BCUT2D eigenvalue weighted by Crippen LogP contribution is 2.33. The fourth-order valence-electron chi connectivity index (χ4n) is 4.00. The highest BCUT2D eigenvalue weighted by Gasteiger charge is 2.32. The van der Waals surface area contributed by atoms with Crippen molar-refractivity contribution in [1.82, 2.24) is 9.88 Å². The SMILES string of the molecule is Cc1ccc2oc([C@@H]3CCN(C4CCCCC4)C3)nc2c1. The summed E-state index contributed by atoms with van der Waals surface area (Å²) in [5.41, 5.74) is 3.20. The molecule has 112 valence electrons. The molecule has 0 bridgehead atoms. The Morgan fingerprint density at radius 3 is 2.86 bits per heavy atom. The van der Waals surface area contributed by atoms with Gasteiger partial charge in [0.1, 0.15) is 5.52 Å². The van der Waals surface area contributed by atoms with Gasteiger partial charge in [-0.2, -0.15) is 0 Å². The van der Waals surface area contributed by atoms with Crippen LogP contribution < -0.4 is 0 Å². The first-order chi connectivity index (χ1) is 10.3. The molecule has 0 radical (unpaired) electrons.